The van der Waals surface area contributed by atoms with Gasteiger partial charge in [-0.05, 0) is 81.9 Å². The van der Waals surface area contributed by atoms with Crippen LogP contribution in [0.25, 0.3) is 53.6 Å². The highest BCUT2D eigenvalue weighted by atomic mass is 35.5. The molecule has 0 aliphatic carbocycles. The van der Waals surface area contributed by atoms with Gasteiger partial charge in [0, 0.05) is 25.2 Å². The van der Waals surface area contributed by atoms with Gasteiger partial charge in [-0.2, -0.15) is 0 Å². The van der Waals surface area contributed by atoms with Gasteiger partial charge in [-0.15, -0.1) is 11.3 Å². The summed E-state index contributed by atoms with van der Waals surface area (Å²) >= 11 is 8.13. The van der Waals surface area contributed by atoms with E-state index in [0.717, 1.165) is 5.02 Å². The molecule has 0 radical (unpaired) electrons. The molecule has 0 fully saturated rings. The van der Waals surface area contributed by atoms with Gasteiger partial charge in [-0.1, -0.05) is 78.3 Å². The lowest BCUT2D eigenvalue weighted by atomic mass is 9.93. The van der Waals surface area contributed by atoms with Gasteiger partial charge in [-0.3, -0.25) is 0 Å². The summed E-state index contributed by atoms with van der Waals surface area (Å²) in [5.41, 5.74) is 7.32. The van der Waals surface area contributed by atoms with E-state index in [9.17, 15) is 0 Å². The van der Waals surface area contributed by atoms with E-state index in [1.54, 1.807) is 0 Å². The number of hydrogen-bond acceptors (Lipinski definition) is 1. The summed E-state index contributed by atoms with van der Waals surface area (Å²) in [6.45, 7) is 0. The van der Waals surface area contributed by atoms with Crippen molar-refractivity contribution in [1.29, 1.82) is 0 Å². The number of hydrogen-bond donors (Lipinski definition) is 0. The third kappa shape index (κ3) is 3.50. The molecule has 2 heteroatoms. The zero-order valence-corrected chi connectivity index (χ0v) is 18.8. The van der Waals surface area contributed by atoms with E-state index in [-0.39, 0.29) is 0 Å². The first kappa shape index (κ1) is 19.3. The molecule has 5 aromatic carbocycles. The van der Waals surface area contributed by atoms with Gasteiger partial charge in [0.2, 0.25) is 0 Å². The van der Waals surface area contributed by atoms with Crippen LogP contribution in [0, 0.1) is 0 Å². The maximum Gasteiger partial charge on any atom is 0.0413 e. The topological polar surface area (TPSA) is 0 Å². The van der Waals surface area contributed by atoms with Crippen LogP contribution in [0.5, 0.6) is 0 Å². The Labute approximate surface area is 196 Å². The Morgan fingerprint density at radius 2 is 0.906 bits per heavy atom. The van der Waals surface area contributed by atoms with Gasteiger partial charge in [0.05, 0.1) is 0 Å². The Kier molecular flexibility index (Phi) is 4.79. The van der Waals surface area contributed by atoms with Crippen LogP contribution in [0.3, 0.4) is 0 Å². The fourth-order valence-electron chi connectivity index (χ4n) is 4.32. The Morgan fingerprint density at radius 1 is 0.406 bits per heavy atom. The minimum Gasteiger partial charge on any atom is -0.135 e. The molecule has 0 atom stereocenters. The number of thiophene rings is 1. The van der Waals surface area contributed by atoms with Crippen LogP contribution < -0.4 is 0 Å². The molecule has 152 valence electrons. The molecule has 6 rings (SSSR count). The highest BCUT2D eigenvalue weighted by Gasteiger charge is 2.10. The molecule has 0 saturated heterocycles. The van der Waals surface area contributed by atoms with Crippen LogP contribution >= 0.6 is 22.9 Å². The standard InChI is InChI=1S/C30H19ClS/c31-26-12-14-30-28(19-26)27-18-22(11-13-29(27)32-30)25-16-23(20-7-3-1-4-8-20)15-24(17-25)21-9-5-2-6-10-21/h1-19H. The Hall–Kier alpha value is -3.39. The summed E-state index contributed by atoms with van der Waals surface area (Å²) < 4.78 is 2.55. The first-order chi connectivity index (χ1) is 15.7. The maximum atomic E-state index is 6.31. The van der Waals surface area contributed by atoms with Crippen LogP contribution in [0.15, 0.2) is 115 Å². The third-order valence-corrected chi connectivity index (χ3v) is 7.30. The molecule has 6 aromatic rings. The fraction of sp³-hybridized carbons (Fsp3) is 0. The van der Waals surface area contributed by atoms with Crippen molar-refractivity contribution in [3.63, 3.8) is 0 Å². The number of fused-ring (bicyclic) bond motifs is 3. The number of halogens is 1. The number of rotatable bonds is 3. The molecule has 0 bridgehead atoms. The fourth-order valence-corrected chi connectivity index (χ4v) is 5.56. The largest absolute Gasteiger partial charge is 0.135 e. The van der Waals surface area contributed by atoms with Crippen LogP contribution in [0.4, 0.5) is 0 Å². The van der Waals surface area contributed by atoms with Crippen molar-refractivity contribution in [2.75, 3.05) is 0 Å². The van der Waals surface area contributed by atoms with E-state index < -0.39 is 0 Å². The van der Waals surface area contributed by atoms with Gasteiger partial charge >= 0.3 is 0 Å². The molecule has 0 spiro atoms. The van der Waals surface area contributed by atoms with Crippen LogP contribution in [-0.4, -0.2) is 0 Å². The van der Waals surface area contributed by atoms with E-state index in [2.05, 4.69) is 109 Å². The first-order valence-corrected chi connectivity index (χ1v) is 11.8. The minimum atomic E-state index is 0.778. The van der Waals surface area contributed by atoms with Crippen molar-refractivity contribution in [1.82, 2.24) is 0 Å². The van der Waals surface area contributed by atoms with E-state index >= 15 is 0 Å². The lowest BCUT2D eigenvalue weighted by Gasteiger charge is -2.11. The zero-order chi connectivity index (χ0) is 21.5. The van der Waals surface area contributed by atoms with E-state index in [0.29, 0.717) is 0 Å². The Bertz CT molecular complexity index is 1510. The van der Waals surface area contributed by atoms with Crippen molar-refractivity contribution in [2.45, 2.75) is 0 Å². The van der Waals surface area contributed by atoms with Crippen molar-refractivity contribution in [3.05, 3.63) is 120 Å². The van der Waals surface area contributed by atoms with Crippen LogP contribution in [0.2, 0.25) is 5.02 Å². The second-order valence-electron chi connectivity index (χ2n) is 7.98. The molecule has 1 heterocycles. The molecule has 0 saturated carbocycles. The van der Waals surface area contributed by atoms with E-state index in [1.165, 1.54) is 53.6 Å². The van der Waals surface area contributed by atoms with Crippen molar-refractivity contribution in [2.24, 2.45) is 0 Å². The third-order valence-electron chi connectivity index (χ3n) is 5.91. The molecule has 0 unspecified atom stereocenters. The summed E-state index contributed by atoms with van der Waals surface area (Å²) in [6, 6.07) is 41.0. The molecular formula is C30H19ClS. The van der Waals surface area contributed by atoms with Crippen LogP contribution in [0.1, 0.15) is 0 Å². The highest BCUT2D eigenvalue weighted by Crippen LogP contribution is 2.39. The van der Waals surface area contributed by atoms with Crippen LogP contribution in [-0.2, 0) is 0 Å². The minimum absolute atomic E-state index is 0.778. The molecule has 0 aliphatic rings. The van der Waals surface area contributed by atoms with Gasteiger partial charge in [0.25, 0.3) is 0 Å². The molecule has 0 nitrogen and oxygen atoms in total. The summed E-state index contributed by atoms with van der Waals surface area (Å²) in [6.07, 6.45) is 0. The second kappa shape index (κ2) is 7.94. The van der Waals surface area contributed by atoms with Gasteiger partial charge in [0.15, 0.2) is 0 Å². The van der Waals surface area contributed by atoms with E-state index in [4.69, 9.17) is 11.6 Å². The monoisotopic (exact) mass is 446 g/mol. The van der Waals surface area contributed by atoms with Crippen molar-refractivity contribution < 1.29 is 0 Å². The lowest BCUT2D eigenvalue weighted by Crippen LogP contribution is -1.86. The molecule has 32 heavy (non-hydrogen) atoms. The molecule has 0 N–H and O–H groups in total. The zero-order valence-electron chi connectivity index (χ0n) is 17.3. The first-order valence-electron chi connectivity index (χ1n) is 10.6. The molecule has 1 aromatic heterocycles. The van der Waals surface area contributed by atoms with Crippen molar-refractivity contribution >= 4 is 43.1 Å². The predicted molar refractivity (Wildman–Crippen MR) is 141 cm³/mol. The average molecular weight is 447 g/mol. The van der Waals surface area contributed by atoms with Crippen molar-refractivity contribution in [3.8, 4) is 33.4 Å². The summed E-state index contributed by atoms with van der Waals surface area (Å²) in [4.78, 5) is 0. The van der Waals surface area contributed by atoms with Gasteiger partial charge in [0.1, 0.15) is 0 Å². The molecule has 0 aliphatic heterocycles. The van der Waals surface area contributed by atoms with Gasteiger partial charge in [-0.25, -0.2) is 0 Å². The molecular weight excluding hydrogens is 428 g/mol. The average Bonchev–Trinajstić information content (AvgIpc) is 3.22. The Morgan fingerprint density at radius 3 is 1.50 bits per heavy atom. The SMILES string of the molecule is Clc1ccc2sc3ccc(-c4cc(-c5ccccc5)cc(-c5ccccc5)c4)cc3c2c1. The summed E-state index contributed by atoms with van der Waals surface area (Å²) in [5.74, 6) is 0. The normalized spacial score (nSPS) is 11.3. The van der Waals surface area contributed by atoms with Gasteiger partial charge < -0.3 is 0 Å². The predicted octanol–water partition coefficient (Wildman–Crippen LogP) is 9.71. The quantitative estimate of drug-likeness (QED) is 0.253. The molecule has 0 amide bonds. The summed E-state index contributed by atoms with van der Waals surface area (Å²) in [5, 5.41) is 3.26. The second-order valence-corrected chi connectivity index (χ2v) is 9.50. The summed E-state index contributed by atoms with van der Waals surface area (Å²) in [7, 11) is 0. The number of benzene rings is 5. The lowest BCUT2D eigenvalue weighted by molar-refractivity contribution is 1.57. The Balaban J connectivity index is 1.58. The van der Waals surface area contributed by atoms with E-state index in [1.807, 2.05) is 17.4 Å². The maximum absolute atomic E-state index is 6.31. The highest BCUT2D eigenvalue weighted by molar-refractivity contribution is 7.25. The smallest absolute Gasteiger partial charge is 0.0413 e.